The Morgan fingerprint density at radius 3 is 2.79 bits per heavy atom. The van der Waals surface area contributed by atoms with Crippen LogP contribution < -0.4 is 11.1 Å². The lowest BCUT2D eigenvalue weighted by Crippen LogP contribution is -2.28. The summed E-state index contributed by atoms with van der Waals surface area (Å²) < 4.78 is 0. The smallest absolute Gasteiger partial charge is 0.249 e. The van der Waals surface area contributed by atoms with Crippen LogP contribution in [0, 0.1) is 0 Å². The van der Waals surface area contributed by atoms with Crippen molar-refractivity contribution < 1.29 is 4.79 Å². The van der Waals surface area contributed by atoms with Crippen LogP contribution in [0.4, 0.5) is 0 Å². The minimum Gasteiger partial charge on any atom is -0.366 e. The Labute approximate surface area is 117 Å². The molecule has 1 unspecified atom stereocenters. The molecule has 0 aliphatic heterocycles. The highest BCUT2D eigenvalue weighted by Gasteiger charge is 2.09. The predicted octanol–water partition coefficient (Wildman–Crippen LogP) is 2.57. The SMILES string of the molecule is CC(Cc1cccs1)NCc1ccccc1C(N)=O. The van der Waals surface area contributed by atoms with E-state index in [0.717, 1.165) is 12.0 Å². The van der Waals surface area contributed by atoms with Gasteiger partial charge in [0.05, 0.1) is 0 Å². The molecule has 0 bridgehead atoms. The topological polar surface area (TPSA) is 55.1 Å². The van der Waals surface area contributed by atoms with Crippen molar-refractivity contribution in [3.05, 3.63) is 57.8 Å². The number of nitrogens with two attached hydrogens (primary N) is 1. The van der Waals surface area contributed by atoms with E-state index in [4.69, 9.17) is 5.73 Å². The summed E-state index contributed by atoms with van der Waals surface area (Å²) in [6.07, 6.45) is 0.996. The van der Waals surface area contributed by atoms with Gasteiger partial charge < -0.3 is 11.1 Å². The van der Waals surface area contributed by atoms with Gasteiger partial charge >= 0.3 is 0 Å². The quantitative estimate of drug-likeness (QED) is 0.850. The van der Waals surface area contributed by atoms with Crippen LogP contribution in [-0.4, -0.2) is 11.9 Å². The number of hydrogen-bond donors (Lipinski definition) is 2. The monoisotopic (exact) mass is 274 g/mol. The van der Waals surface area contributed by atoms with Gasteiger partial charge in [-0.25, -0.2) is 0 Å². The Kier molecular flexibility index (Phi) is 4.71. The number of carbonyl (C=O) groups excluding carboxylic acids is 1. The molecule has 0 spiro atoms. The molecule has 1 heterocycles. The van der Waals surface area contributed by atoms with Crippen molar-refractivity contribution in [3.8, 4) is 0 Å². The molecule has 0 fully saturated rings. The number of rotatable bonds is 6. The average Bonchev–Trinajstić information content (AvgIpc) is 2.89. The lowest BCUT2D eigenvalue weighted by Gasteiger charge is -2.14. The average molecular weight is 274 g/mol. The van der Waals surface area contributed by atoms with Gasteiger partial charge in [0.1, 0.15) is 0 Å². The van der Waals surface area contributed by atoms with E-state index in [1.165, 1.54) is 4.88 Å². The first-order valence-electron chi connectivity index (χ1n) is 6.30. The number of amides is 1. The third kappa shape index (κ3) is 3.91. The van der Waals surface area contributed by atoms with Gasteiger partial charge in [-0.15, -0.1) is 11.3 Å². The molecular weight excluding hydrogens is 256 g/mol. The highest BCUT2D eigenvalue weighted by molar-refractivity contribution is 7.09. The Morgan fingerprint density at radius 1 is 1.32 bits per heavy atom. The van der Waals surface area contributed by atoms with Gasteiger partial charge in [0.25, 0.3) is 0 Å². The van der Waals surface area contributed by atoms with E-state index in [1.54, 1.807) is 17.4 Å². The second kappa shape index (κ2) is 6.50. The first kappa shape index (κ1) is 13.8. The summed E-state index contributed by atoms with van der Waals surface area (Å²) in [6.45, 7) is 2.80. The Morgan fingerprint density at radius 2 is 2.11 bits per heavy atom. The van der Waals surface area contributed by atoms with Gasteiger partial charge in [-0.1, -0.05) is 24.3 Å². The fraction of sp³-hybridized carbons (Fsp3) is 0.267. The number of benzene rings is 1. The fourth-order valence-corrected chi connectivity index (χ4v) is 2.84. The lowest BCUT2D eigenvalue weighted by molar-refractivity contribution is 0.0999. The number of thiophene rings is 1. The second-order valence-electron chi connectivity index (χ2n) is 4.59. The zero-order chi connectivity index (χ0) is 13.7. The molecule has 0 radical (unpaired) electrons. The molecule has 1 aromatic carbocycles. The molecule has 0 saturated carbocycles. The summed E-state index contributed by atoms with van der Waals surface area (Å²) in [5, 5.41) is 5.52. The molecule has 1 amide bonds. The van der Waals surface area contributed by atoms with Crippen LogP contribution >= 0.6 is 11.3 Å². The first-order valence-corrected chi connectivity index (χ1v) is 7.18. The second-order valence-corrected chi connectivity index (χ2v) is 5.62. The minimum absolute atomic E-state index is 0.361. The van der Waals surface area contributed by atoms with Crippen molar-refractivity contribution >= 4 is 17.2 Å². The molecule has 100 valence electrons. The van der Waals surface area contributed by atoms with Crippen LogP contribution in [0.2, 0.25) is 0 Å². The third-order valence-corrected chi connectivity index (χ3v) is 3.91. The van der Waals surface area contributed by atoms with Crippen LogP contribution in [0.5, 0.6) is 0 Å². The van der Waals surface area contributed by atoms with Gasteiger partial charge in [-0.05, 0) is 36.4 Å². The van der Waals surface area contributed by atoms with Gasteiger partial charge in [0.15, 0.2) is 0 Å². The summed E-state index contributed by atoms with van der Waals surface area (Å²) in [5.74, 6) is -0.372. The van der Waals surface area contributed by atoms with Crippen LogP contribution in [0.1, 0.15) is 27.7 Å². The summed E-state index contributed by atoms with van der Waals surface area (Å²) >= 11 is 1.77. The molecule has 3 N–H and O–H groups in total. The number of nitrogens with one attached hydrogen (secondary N) is 1. The fourth-order valence-electron chi connectivity index (χ4n) is 2.00. The van der Waals surface area contributed by atoms with Gasteiger partial charge in [-0.3, -0.25) is 4.79 Å². The highest BCUT2D eigenvalue weighted by atomic mass is 32.1. The zero-order valence-corrected chi connectivity index (χ0v) is 11.7. The van der Waals surface area contributed by atoms with Crippen molar-refractivity contribution in [2.45, 2.75) is 25.9 Å². The zero-order valence-electron chi connectivity index (χ0n) is 10.9. The standard InChI is InChI=1S/C15H18N2OS/c1-11(9-13-6-4-8-19-13)17-10-12-5-2-3-7-14(12)15(16)18/h2-8,11,17H,9-10H2,1H3,(H2,16,18). The summed E-state index contributed by atoms with van der Waals surface area (Å²) in [5.41, 5.74) is 6.91. The minimum atomic E-state index is -0.372. The largest absolute Gasteiger partial charge is 0.366 e. The number of hydrogen-bond acceptors (Lipinski definition) is 3. The maximum absolute atomic E-state index is 11.3. The highest BCUT2D eigenvalue weighted by Crippen LogP contribution is 2.12. The summed E-state index contributed by atoms with van der Waals surface area (Å²) in [4.78, 5) is 12.7. The van der Waals surface area contributed by atoms with E-state index in [9.17, 15) is 4.79 Å². The van der Waals surface area contributed by atoms with Crippen LogP contribution in [-0.2, 0) is 13.0 Å². The van der Waals surface area contributed by atoms with E-state index in [-0.39, 0.29) is 5.91 Å². The Bertz CT molecular complexity index is 537. The Hall–Kier alpha value is -1.65. The van der Waals surface area contributed by atoms with Crippen molar-refractivity contribution in [2.24, 2.45) is 5.73 Å². The van der Waals surface area contributed by atoms with Crippen molar-refractivity contribution in [3.63, 3.8) is 0 Å². The van der Waals surface area contributed by atoms with Gasteiger partial charge in [0, 0.05) is 23.0 Å². The lowest BCUT2D eigenvalue weighted by atomic mass is 10.1. The van der Waals surface area contributed by atoms with Crippen LogP contribution in [0.15, 0.2) is 41.8 Å². The number of primary amides is 1. The molecule has 1 atom stereocenters. The molecule has 0 saturated heterocycles. The normalized spacial score (nSPS) is 12.3. The van der Waals surface area contributed by atoms with Crippen molar-refractivity contribution in [2.75, 3.05) is 0 Å². The van der Waals surface area contributed by atoms with E-state index < -0.39 is 0 Å². The maximum Gasteiger partial charge on any atom is 0.249 e. The Balaban J connectivity index is 1.93. The molecule has 2 aromatic rings. The van der Waals surface area contributed by atoms with E-state index in [2.05, 4.69) is 29.8 Å². The van der Waals surface area contributed by atoms with Crippen molar-refractivity contribution in [1.29, 1.82) is 0 Å². The van der Waals surface area contributed by atoms with Crippen LogP contribution in [0.3, 0.4) is 0 Å². The predicted molar refractivity (Wildman–Crippen MR) is 79.3 cm³/mol. The van der Waals surface area contributed by atoms with E-state index >= 15 is 0 Å². The number of carbonyl (C=O) groups is 1. The van der Waals surface area contributed by atoms with E-state index in [1.807, 2.05) is 18.2 Å². The molecule has 1 aromatic heterocycles. The molecule has 4 heteroatoms. The van der Waals surface area contributed by atoms with Gasteiger partial charge in [-0.2, -0.15) is 0 Å². The summed E-state index contributed by atoms with van der Waals surface area (Å²) in [7, 11) is 0. The molecule has 2 rings (SSSR count). The molecular formula is C15H18N2OS. The van der Waals surface area contributed by atoms with Gasteiger partial charge in [0.2, 0.25) is 5.91 Å². The van der Waals surface area contributed by atoms with Crippen molar-refractivity contribution in [1.82, 2.24) is 5.32 Å². The molecule has 0 aliphatic rings. The van der Waals surface area contributed by atoms with Crippen LogP contribution in [0.25, 0.3) is 0 Å². The maximum atomic E-state index is 11.3. The summed E-state index contributed by atoms with van der Waals surface area (Å²) in [6, 6.07) is 12.0. The third-order valence-electron chi connectivity index (χ3n) is 3.01. The molecule has 19 heavy (non-hydrogen) atoms. The van der Waals surface area contributed by atoms with E-state index in [0.29, 0.717) is 18.2 Å². The first-order chi connectivity index (χ1) is 9.16. The molecule has 3 nitrogen and oxygen atoms in total. The molecule has 0 aliphatic carbocycles.